The summed E-state index contributed by atoms with van der Waals surface area (Å²) < 4.78 is 5.56. The first-order valence-electron chi connectivity index (χ1n) is 5.52. The van der Waals surface area contributed by atoms with E-state index in [1.54, 1.807) is 4.90 Å². The monoisotopic (exact) mass is 213 g/mol. The number of rotatable bonds is 2. The quantitative estimate of drug-likeness (QED) is 0.693. The van der Waals surface area contributed by atoms with Gasteiger partial charge in [0.1, 0.15) is 5.60 Å². The fraction of sp³-hybridized carbons (Fsp3) is 0.900. The zero-order valence-electron chi connectivity index (χ0n) is 9.24. The number of amides is 1. The third kappa shape index (κ3) is 2.08. The summed E-state index contributed by atoms with van der Waals surface area (Å²) in [6, 6.07) is 0. The average molecular weight is 213 g/mol. The molecule has 0 aromatic heterocycles. The molecule has 5 nitrogen and oxygen atoms in total. The molecule has 86 valence electrons. The van der Waals surface area contributed by atoms with Gasteiger partial charge in [0.25, 0.3) is 0 Å². The Balaban J connectivity index is 1.96. The molecule has 2 N–H and O–H groups in total. The van der Waals surface area contributed by atoms with Gasteiger partial charge in [-0.15, -0.1) is 0 Å². The zero-order valence-corrected chi connectivity index (χ0v) is 9.24. The van der Waals surface area contributed by atoms with Crippen LogP contribution in [0.3, 0.4) is 0 Å². The van der Waals surface area contributed by atoms with Crippen molar-refractivity contribution in [2.45, 2.75) is 18.4 Å². The van der Waals surface area contributed by atoms with Gasteiger partial charge < -0.3 is 20.3 Å². The van der Waals surface area contributed by atoms with Crippen LogP contribution >= 0.6 is 0 Å². The smallest absolute Gasteiger partial charge is 0.410 e. The Bertz CT molecular complexity index is 259. The molecule has 0 aromatic rings. The third-order valence-electron chi connectivity index (χ3n) is 3.31. The van der Waals surface area contributed by atoms with Crippen LogP contribution in [-0.2, 0) is 4.74 Å². The molecule has 2 aliphatic rings. The van der Waals surface area contributed by atoms with Gasteiger partial charge in [0.2, 0.25) is 0 Å². The van der Waals surface area contributed by atoms with Crippen LogP contribution in [0.5, 0.6) is 0 Å². The summed E-state index contributed by atoms with van der Waals surface area (Å²) >= 11 is 0. The van der Waals surface area contributed by atoms with E-state index in [1.807, 2.05) is 0 Å². The Morgan fingerprint density at radius 2 is 2.20 bits per heavy atom. The Morgan fingerprint density at radius 3 is 2.73 bits per heavy atom. The van der Waals surface area contributed by atoms with E-state index in [-0.39, 0.29) is 11.7 Å². The molecular weight excluding hydrogens is 194 g/mol. The number of hydrogen-bond donors (Lipinski definition) is 1. The molecule has 1 unspecified atom stereocenters. The predicted molar refractivity (Wildman–Crippen MR) is 56.6 cm³/mol. The Hall–Kier alpha value is -0.810. The summed E-state index contributed by atoms with van der Waals surface area (Å²) in [6.07, 6.45) is 1.71. The third-order valence-corrected chi connectivity index (χ3v) is 3.31. The number of nitrogens with zero attached hydrogens (tertiary/aromatic N) is 2. The van der Waals surface area contributed by atoms with Crippen molar-refractivity contribution in [2.75, 3.05) is 39.8 Å². The molecule has 0 bridgehead atoms. The minimum absolute atomic E-state index is 0.193. The van der Waals surface area contributed by atoms with Gasteiger partial charge in [-0.25, -0.2) is 4.79 Å². The molecular formula is C10H19N3O2. The summed E-state index contributed by atoms with van der Waals surface area (Å²) in [5.74, 6) is 0. The van der Waals surface area contributed by atoms with E-state index in [1.165, 1.54) is 0 Å². The van der Waals surface area contributed by atoms with Gasteiger partial charge in [0.05, 0.1) is 0 Å². The van der Waals surface area contributed by atoms with E-state index in [9.17, 15) is 4.79 Å². The maximum atomic E-state index is 11.7. The highest BCUT2D eigenvalue weighted by Crippen LogP contribution is 2.32. The summed E-state index contributed by atoms with van der Waals surface area (Å²) in [6.45, 7) is 3.77. The molecule has 0 aliphatic carbocycles. The first-order chi connectivity index (χ1) is 7.15. The van der Waals surface area contributed by atoms with Gasteiger partial charge in [-0.3, -0.25) is 0 Å². The standard InChI is InChI=1S/C10H19N3O2/c1-12-5-2-10(8-12)3-6-13(7-4-11)9(14)15-10/h2-8,11H2,1H3. The highest BCUT2D eigenvalue weighted by atomic mass is 16.6. The number of nitrogens with two attached hydrogens (primary N) is 1. The first kappa shape index (κ1) is 10.7. The number of carbonyl (C=O) groups is 1. The van der Waals surface area contributed by atoms with Crippen LogP contribution in [-0.4, -0.2) is 61.3 Å². The second-order valence-corrected chi connectivity index (χ2v) is 4.56. The maximum absolute atomic E-state index is 11.7. The van der Waals surface area contributed by atoms with Crippen LogP contribution in [0.2, 0.25) is 0 Å². The van der Waals surface area contributed by atoms with Crippen molar-refractivity contribution in [2.24, 2.45) is 5.73 Å². The van der Waals surface area contributed by atoms with Crippen LogP contribution in [0.25, 0.3) is 0 Å². The predicted octanol–water partition coefficient (Wildman–Crippen LogP) is -0.138. The summed E-state index contributed by atoms with van der Waals surface area (Å²) in [5, 5.41) is 0. The Kier molecular flexibility index (Phi) is 2.84. The molecule has 0 saturated carbocycles. The second-order valence-electron chi connectivity index (χ2n) is 4.56. The number of carbonyl (C=O) groups excluding carboxylic acids is 1. The lowest BCUT2D eigenvalue weighted by Crippen LogP contribution is -2.51. The van der Waals surface area contributed by atoms with Gasteiger partial charge in [0, 0.05) is 45.6 Å². The van der Waals surface area contributed by atoms with Crippen LogP contribution in [0, 0.1) is 0 Å². The minimum atomic E-state index is -0.211. The van der Waals surface area contributed by atoms with E-state index in [0.717, 1.165) is 32.5 Å². The van der Waals surface area contributed by atoms with Crippen molar-refractivity contribution in [3.8, 4) is 0 Å². The molecule has 0 aromatic carbocycles. The molecule has 1 spiro atoms. The minimum Gasteiger partial charge on any atom is -0.441 e. The molecule has 0 radical (unpaired) electrons. The fourth-order valence-corrected chi connectivity index (χ4v) is 2.42. The number of ether oxygens (including phenoxy) is 1. The fourth-order valence-electron chi connectivity index (χ4n) is 2.42. The van der Waals surface area contributed by atoms with Gasteiger partial charge >= 0.3 is 6.09 Å². The second kappa shape index (κ2) is 3.98. The van der Waals surface area contributed by atoms with E-state index >= 15 is 0 Å². The molecule has 5 heteroatoms. The van der Waals surface area contributed by atoms with Crippen LogP contribution in [0.4, 0.5) is 4.79 Å². The van der Waals surface area contributed by atoms with E-state index in [4.69, 9.17) is 10.5 Å². The van der Waals surface area contributed by atoms with Crippen molar-refractivity contribution in [1.29, 1.82) is 0 Å². The van der Waals surface area contributed by atoms with Crippen LogP contribution < -0.4 is 5.73 Å². The molecule has 2 aliphatic heterocycles. The van der Waals surface area contributed by atoms with E-state index in [2.05, 4.69) is 11.9 Å². The Labute approximate surface area is 90.1 Å². The summed E-state index contributed by atoms with van der Waals surface area (Å²) in [4.78, 5) is 15.6. The summed E-state index contributed by atoms with van der Waals surface area (Å²) in [7, 11) is 2.06. The molecule has 2 saturated heterocycles. The van der Waals surface area contributed by atoms with E-state index < -0.39 is 0 Å². The van der Waals surface area contributed by atoms with Crippen LogP contribution in [0.15, 0.2) is 0 Å². The molecule has 2 rings (SSSR count). The van der Waals surface area contributed by atoms with Gasteiger partial charge in [0.15, 0.2) is 0 Å². The van der Waals surface area contributed by atoms with Gasteiger partial charge in [-0.2, -0.15) is 0 Å². The Morgan fingerprint density at radius 1 is 1.47 bits per heavy atom. The highest BCUT2D eigenvalue weighted by molar-refractivity contribution is 5.69. The molecule has 2 heterocycles. The lowest BCUT2D eigenvalue weighted by atomic mass is 9.97. The molecule has 2 fully saturated rings. The van der Waals surface area contributed by atoms with Crippen molar-refractivity contribution in [3.63, 3.8) is 0 Å². The van der Waals surface area contributed by atoms with Crippen molar-refractivity contribution >= 4 is 6.09 Å². The zero-order chi connectivity index (χ0) is 10.9. The normalized spacial score (nSPS) is 32.4. The summed E-state index contributed by atoms with van der Waals surface area (Å²) in [5.41, 5.74) is 5.22. The maximum Gasteiger partial charge on any atom is 0.410 e. The van der Waals surface area contributed by atoms with Gasteiger partial charge in [-0.05, 0) is 7.05 Å². The van der Waals surface area contributed by atoms with E-state index in [0.29, 0.717) is 13.1 Å². The lowest BCUT2D eigenvalue weighted by Gasteiger charge is -2.38. The highest BCUT2D eigenvalue weighted by Gasteiger charge is 2.44. The molecule has 15 heavy (non-hydrogen) atoms. The van der Waals surface area contributed by atoms with Crippen molar-refractivity contribution < 1.29 is 9.53 Å². The SMILES string of the molecule is CN1CCC2(CCN(CCN)C(=O)O2)C1. The molecule has 1 amide bonds. The van der Waals surface area contributed by atoms with Crippen molar-refractivity contribution in [3.05, 3.63) is 0 Å². The molecule has 1 atom stereocenters. The first-order valence-corrected chi connectivity index (χ1v) is 5.52. The number of hydrogen-bond acceptors (Lipinski definition) is 4. The lowest BCUT2D eigenvalue weighted by molar-refractivity contribution is -0.0396. The topological polar surface area (TPSA) is 58.8 Å². The largest absolute Gasteiger partial charge is 0.441 e. The number of likely N-dealkylation sites (N-methyl/N-ethyl adjacent to an activating group) is 1. The average Bonchev–Trinajstić information content (AvgIpc) is 2.53. The number of likely N-dealkylation sites (tertiary alicyclic amines) is 1. The van der Waals surface area contributed by atoms with Crippen LogP contribution in [0.1, 0.15) is 12.8 Å². The van der Waals surface area contributed by atoms with Gasteiger partial charge in [-0.1, -0.05) is 0 Å². The van der Waals surface area contributed by atoms with Crippen molar-refractivity contribution in [1.82, 2.24) is 9.80 Å².